The fourth-order valence-corrected chi connectivity index (χ4v) is 2.08. The van der Waals surface area contributed by atoms with E-state index < -0.39 is 11.6 Å². The summed E-state index contributed by atoms with van der Waals surface area (Å²) in [5, 5.41) is 0. The molecule has 88 valence electrons. The predicted octanol–water partition coefficient (Wildman–Crippen LogP) is 2.71. The van der Waals surface area contributed by atoms with Crippen molar-refractivity contribution in [3.05, 3.63) is 28.2 Å². The van der Waals surface area contributed by atoms with Crippen molar-refractivity contribution in [2.75, 3.05) is 11.4 Å². The van der Waals surface area contributed by atoms with Crippen LogP contribution in [0.2, 0.25) is 0 Å². The molecule has 0 bridgehead atoms. The number of carbonyl (C=O) groups excluding carboxylic acids is 1. The van der Waals surface area contributed by atoms with Gasteiger partial charge in [0.25, 0.3) is 0 Å². The van der Waals surface area contributed by atoms with Gasteiger partial charge in [0.15, 0.2) is 11.6 Å². The Kier molecular flexibility index (Phi) is 3.16. The van der Waals surface area contributed by atoms with Crippen molar-refractivity contribution >= 4 is 27.5 Å². The smallest absolute Gasteiger partial charge is 0.228 e. The predicted molar refractivity (Wildman–Crippen MR) is 63.4 cm³/mol. The van der Waals surface area contributed by atoms with Gasteiger partial charge < -0.3 is 4.90 Å². The van der Waals surface area contributed by atoms with E-state index in [1.807, 2.05) is 0 Å². The first-order chi connectivity index (χ1) is 8.04. The quantitative estimate of drug-likeness (QED) is 0.577. The molecule has 1 atom stereocenters. The van der Waals surface area contributed by atoms with Crippen molar-refractivity contribution in [3.63, 3.8) is 0 Å². The summed E-state index contributed by atoms with van der Waals surface area (Å²) in [7, 11) is 0. The van der Waals surface area contributed by atoms with Crippen molar-refractivity contribution in [2.45, 2.75) is 6.42 Å². The minimum Gasteiger partial charge on any atom is -0.308 e. The molecule has 0 radical (unpaired) electrons. The maximum atomic E-state index is 13.7. The number of terminal acetylenes is 1. The van der Waals surface area contributed by atoms with Gasteiger partial charge in [-0.2, -0.15) is 0 Å². The molecule has 1 fully saturated rings. The van der Waals surface area contributed by atoms with E-state index >= 15 is 0 Å². The highest BCUT2D eigenvalue weighted by atomic mass is 79.9. The molecule has 1 unspecified atom stereocenters. The molecular weight excluding hydrogens is 292 g/mol. The molecule has 1 saturated heterocycles. The molecule has 1 aromatic rings. The topological polar surface area (TPSA) is 20.3 Å². The van der Waals surface area contributed by atoms with Crippen LogP contribution in [0.15, 0.2) is 16.6 Å². The van der Waals surface area contributed by atoms with Crippen molar-refractivity contribution in [1.29, 1.82) is 0 Å². The Hall–Kier alpha value is -1.41. The van der Waals surface area contributed by atoms with E-state index in [0.29, 0.717) is 0 Å². The maximum Gasteiger partial charge on any atom is 0.228 e. The number of halogens is 3. The Morgan fingerprint density at radius 2 is 2.12 bits per heavy atom. The third-order valence-corrected chi connectivity index (χ3v) is 3.28. The van der Waals surface area contributed by atoms with Crippen LogP contribution in [-0.4, -0.2) is 12.5 Å². The monoisotopic (exact) mass is 299 g/mol. The summed E-state index contributed by atoms with van der Waals surface area (Å²) in [6.07, 6.45) is 5.40. The lowest BCUT2D eigenvalue weighted by Crippen LogP contribution is -2.25. The molecule has 17 heavy (non-hydrogen) atoms. The number of amides is 1. The highest BCUT2D eigenvalue weighted by Gasteiger charge is 2.31. The molecule has 2 rings (SSSR count). The molecular formula is C12H8BrF2NO. The second kappa shape index (κ2) is 4.46. The van der Waals surface area contributed by atoms with Gasteiger partial charge in [0.2, 0.25) is 5.91 Å². The Labute approximate surface area is 106 Å². The zero-order chi connectivity index (χ0) is 12.6. The third kappa shape index (κ3) is 2.05. The van der Waals surface area contributed by atoms with Crippen LogP contribution in [-0.2, 0) is 4.79 Å². The van der Waals surface area contributed by atoms with Gasteiger partial charge in [0.1, 0.15) is 0 Å². The third-order valence-electron chi connectivity index (χ3n) is 2.67. The number of benzene rings is 1. The van der Waals surface area contributed by atoms with Gasteiger partial charge in [-0.1, -0.05) is 0 Å². The van der Waals surface area contributed by atoms with Gasteiger partial charge in [-0.15, -0.1) is 12.3 Å². The average Bonchev–Trinajstić information content (AvgIpc) is 2.68. The lowest BCUT2D eigenvalue weighted by atomic mass is 10.1. The first-order valence-electron chi connectivity index (χ1n) is 4.94. The van der Waals surface area contributed by atoms with Crippen LogP contribution >= 0.6 is 15.9 Å². The van der Waals surface area contributed by atoms with Crippen molar-refractivity contribution in [2.24, 2.45) is 5.92 Å². The molecule has 0 aliphatic carbocycles. The molecule has 0 spiro atoms. The Morgan fingerprint density at radius 1 is 1.41 bits per heavy atom. The van der Waals surface area contributed by atoms with Gasteiger partial charge in [-0.05, 0) is 28.1 Å². The lowest BCUT2D eigenvalue weighted by molar-refractivity contribution is -0.117. The molecule has 1 heterocycles. The Balaban J connectivity index is 2.40. The van der Waals surface area contributed by atoms with Gasteiger partial charge >= 0.3 is 0 Å². The number of anilines is 1. The fraction of sp³-hybridized carbons (Fsp3) is 0.250. The van der Waals surface area contributed by atoms with E-state index in [0.717, 1.165) is 0 Å². The summed E-state index contributed by atoms with van der Waals surface area (Å²) in [5.41, 5.74) is -0.0616. The SMILES string of the molecule is C#CC1CC(=O)N(c2ccc(Br)c(F)c2F)C1. The fourth-order valence-electron chi connectivity index (χ4n) is 1.78. The molecule has 0 saturated carbocycles. The zero-order valence-electron chi connectivity index (χ0n) is 8.71. The summed E-state index contributed by atoms with van der Waals surface area (Å²) in [5.74, 6) is -0.111. The summed E-state index contributed by atoms with van der Waals surface area (Å²) in [6, 6.07) is 2.73. The number of carbonyl (C=O) groups is 1. The molecule has 0 aromatic heterocycles. The summed E-state index contributed by atoms with van der Waals surface area (Å²) in [6.45, 7) is 0.229. The summed E-state index contributed by atoms with van der Waals surface area (Å²) in [4.78, 5) is 12.8. The second-order valence-corrected chi connectivity index (χ2v) is 4.62. The van der Waals surface area contributed by atoms with Crippen LogP contribution in [0.4, 0.5) is 14.5 Å². The first kappa shape index (κ1) is 12.1. The second-order valence-electron chi connectivity index (χ2n) is 3.77. The van der Waals surface area contributed by atoms with Gasteiger partial charge in [-0.3, -0.25) is 4.79 Å². The van der Waals surface area contributed by atoms with E-state index in [9.17, 15) is 13.6 Å². The van der Waals surface area contributed by atoms with E-state index in [2.05, 4.69) is 21.9 Å². The number of nitrogens with zero attached hydrogens (tertiary/aromatic N) is 1. The van der Waals surface area contributed by atoms with Crippen molar-refractivity contribution in [3.8, 4) is 12.3 Å². The number of hydrogen-bond donors (Lipinski definition) is 0. The van der Waals surface area contributed by atoms with E-state index in [4.69, 9.17) is 6.42 Å². The Morgan fingerprint density at radius 3 is 2.71 bits per heavy atom. The van der Waals surface area contributed by atoms with Crippen molar-refractivity contribution < 1.29 is 13.6 Å². The first-order valence-corrected chi connectivity index (χ1v) is 5.74. The number of hydrogen-bond acceptors (Lipinski definition) is 1. The summed E-state index contributed by atoms with van der Waals surface area (Å²) >= 11 is 2.88. The highest BCUT2D eigenvalue weighted by Crippen LogP contribution is 2.31. The molecule has 1 amide bonds. The Bertz CT molecular complexity index is 524. The molecule has 5 heteroatoms. The van der Waals surface area contributed by atoms with Crippen LogP contribution in [0.5, 0.6) is 0 Å². The molecule has 0 N–H and O–H groups in total. The van der Waals surface area contributed by atoms with Gasteiger partial charge in [-0.25, -0.2) is 8.78 Å². The van der Waals surface area contributed by atoms with E-state index in [1.54, 1.807) is 0 Å². The van der Waals surface area contributed by atoms with Crippen LogP contribution in [0.3, 0.4) is 0 Å². The van der Waals surface area contributed by atoms with Gasteiger partial charge in [0, 0.05) is 18.9 Å². The largest absolute Gasteiger partial charge is 0.308 e. The van der Waals surface area contributed by atoms with E-state index in [1.165, 1.54) is 17.0 Å². The van der Waals surface area contributed by atoms with Crippen LogP contribution < -0.4 is 4.90 Å². The number of rotatable bonds is 1. The molecule has 1 aliphatic rings. The highest BCUT2D eigenvalue weighted by molar-refractivity contribution is 9.10. The summed E-state index contributed by atoms with van der Waals surface area (Å²) < 4.78 is 27.0. The van der Waals surface area contributed by atoms with E-state index in [-0.39, 0.29) is 35.0 Å². The van der Waals surface area contributed by atoms with Crippen LogP contribution in [0.25, 0.3) is 0 Å². The molecule has 1 aliphatic heterocycles. The normalized spacial score (nSPS) is 19.5. The maximum absolute atomic E-state index is 13.7. The minimum atomic E-state index is -1.04. The lowest BCUT2D eigenvalue weighted by Gasteiger charge is -2.17. The minimum absolute atomic E-state index is 0.0268. The van der Waals surface area contributed by atoms with Crippen molar-refractivity contribution in [1.82, 2.24) is 0 Å². The zero-order valence-corrected chi connectivity index (χ0v) is 10.3. The van der Waals surface area contributed by atoms with Crippen LogP contribution in [0.1, 0.15) is 6.42 Å². The average molecular weight is 300 g/mol. The van der Waals surface area contributed by atoms with Gasteiger partial charge in [0.05, 0.1) is 10.2 Å². The van der Waals surface area contributed by atoms with Crippen LogP contribution in [0, 0.1) is 29.9 Å². The molecule has 2 nitrogen and oxygen atoms in total. The molecule has 1 aromatic carbocycles. The standard InChI is InChI=1S/C12H8BrF2NO/c1-2-7-5-10(17)16(6-7)9-4-3-8(13)11(14)12(9)15/h1,3-4,7H,5-6H2.